The molecular weight excluding hydrogens is 322 g/mol. The number of hydrogen-bond acceptors (Lipinski definition) is 5. The first kappa shape index (κ1) is 16.5. The molecule has 1 aromatic carbocycles. The van der Waals surface area contributed by atoms with Crippen molar-refractivity contribution in [2.24, 2.45) is 0 Å². The van der Waals surface area contributed by atoms with E-state index in [0.29, 0.717) is 11.5 Å². The van der Waals surface area contributed by atoms with Crippen LogP contribution in [0.15, 0.2) is 29.2 Å². The highest BCUT2D eigenvalue weighted by molar-refractivity contribution is 8.26. The Kier molecular flexibility index (Phi) is 5.20. The van der Waals surface area contributed by atoms with E-state index in [0.717, 1.165) is 28.0 Å². The standard InChI is InChI=1S/C15H15NO4S2/c1-3-20-11-6-4-10(5-7-11)8-12-13(17)16(15(21)22-12)9(2)14(18)19/h4-9H,3H2,1-2H3,(H,18,19). The fourth-order valence-electron chi connectivity index (χ4n) is 1.90. The second-order valence-electron chi connectivity index (χ2n) is 4.57. The van der Waals surface area contributed by atoms with E-state index in [1.165, 1.54) is 6.92 Å². The lowest BCUT2D eigenvalue weighted by Gasteiger charge is -2.18. The molecule has 0 bridgehead atoms. The number of hydrogen-bond donors (Lipinski definition) is 1. The van der Waals surface area contributed by atoms with Crippen LogP contribution in [-0.4, -0.2) is 38.9 Å². The van der Waals surface area contributed by atoms with Crippen molar-refractivity contribution in [1.82, 2.24) is 4.90 Å². The van der Waals surface area contributed by atoms with Crippen LogP contribution in [-0.2, 0) is 9.59 Å². The Morgan fingerprint density at radius 2 is 2.09 bits per heavy atom. The molecule has 1 fully saturated rings. The van der Waals surface area contributed by atoms with Gasteiger partial charge in [0.1, 0.15) is 16.1 Å². The van der Waals surface area contributed by atoms with Crippen LogP contribution in [0.25, 0.3) is 6.08 Å². The lowest BCUT2D eigenvalue weighted by atomic mass is 10.2. The first-order valence-electron chi connectivity index (χ1n) is 6.66. The molecule has 0 aromatic heterocycles. The number of carboxylic acid groups (broad SMARTS) is 1. The van der Waals surface area contributed by atoms with E-state index in [1.807, 2.05) is 31.2 Å². The number of ether oxygens (including phenoxy) is 1. The zero-order valence-electron chi connectivity index (χ0n) is 12.1. The van der Waals surface area contributed by atoms with Crippen LogP contribution in [0.1, 0.15) is 19.4 Å². The van der Waals surface area contributed by atoms with Crippen LogP contribution in [0.5, 0.6) is 5.75 Å². The summed E-state index contributed by atoms with van der Waals surface area (Å²) < 4.78 is 5.62. The maximum absolute atomic E-state index is 12.3. The van der Waals surface area contributed by atoms with Gasteiger partial charge in [-0.1, -0.05) is 36.1 Å². The number of carbonyl (C=O) groups is 2. The van der Waals surface area contributed by atoms with E-state index >= 15 is 0 Å². The third-order valence-corrected chi connectivity index (χ3v) is 4.39. The van der Waals surface area contributed by atoms with Crippen LogP contribution >= 0.6 is 24.0 Å². The first-order valence-corrected chi connectivity index (χ1v) is 7.89. The van der Waals surface area contributed by atoms with Crippen LogP contribution in [0.4, 0.5) is 0 Å². The van der Waals surface area contributed by atoms with Gasteiger partial charge >= 0.3 is 5.97 Å². The molecule has 1 amide bonds. The molecule has 2 rings (SSSR count). The number of thioether (sulfide) groups is 1. The number of thiocarbonyl (C=S) groups is 1. The first-order chi connectivity index (χ1) is 10.4. The Balaban J connectivity index is 2.21. The van der Waals surface area contributed by atoms with Crippen molar-refractivity contribution < 1.29 is 19.4 Å². The van der Waals surface area contributed by atoms with E-state index in [9.17, 15) is 9.59 Å². The minimum Gasteiger partial charge on any atom is -0.494 e. The minimum absolute atomic E-state index is 0.261. The van der Waals surface area contributed by atoms with Crippen molar-refractivity contribution in [3.05, 3.63) is 34.7 Å². The van der Waals surface area contributed by atoms with Crippen molar-refractivity contribution in [3.8, 4) is 5.75 Å². The summed E-state index contributed by atoms with van der Waals surface area (Å²) in [5.74, 6) is -0.705. The van der Waals surface area contributed by atoms with Crippen LogP contribution in [0.3, 0.4) is 0 Å². The van der Waals surface area contributed by atoms with Gasteiger partial charge in [0.2, 0.25) is 0 Å². The predicted molar refractivity (Wildman–Crippen MR) is 89.7 cm³/mol. The Morgan fingerprint density at radius 1 is 1.45 bits per heavy atom. The fourth-order valence-corrected chi connectivity index (χ4v) is 3.32. The summed E-state index contributed by atoms with van der Waals surface area (Å²) in [6, 6.07) is 6.32. The fraction of sp³-hybridized carbons (Fsp3) is 0.267. The lowest BCUT2D eigenvalue weighted by molar-refractivity contribution is -0.144. The number of amides is 1. The minimum atomic E-state index is -1.08. The molecule has 22 heavy (non-hydrogen) atoms. The predicted octanol–water partition coefficient (Wildman–Crippen LogP) is 2.76. The molecule has 0 saturated carbocycles. The third kappa shape index (κ3) is 3.48. The van der Waals surface area contributed by atoms with Gasteiger partial charge in [-0.15, -0.1) is 0 Å². The number of nitrogens with zero attached hydrogens (tertiary/aromatic N) is 1. The summed E-state index contributed by atoms with van der Waals surface area (Å²) >= 11 is 6.22. The summed E-state index contributed by atoms with van der Waals surface area (Å²) in [5, 5.41) is 9.04. The molecule has 1 saturated heterocycles. The SMILES string of the molecule is CCOc1ccc(C=C2SC(=S)N(C(C)C(=O)O)C2=O)cc1. The summed E-state index contributed by atoms with van der Waals surface area (Å²) in [7, 11) is 0. The molecule has 0 radical (unpaired) electrons. The molecule has 7 heteroatoms. The largest absolute Gasteiger partial charge is 0.494 e. The zero-order chi connectivity index (χ0) is 16.3. The normalized spacial score (nSPS) is 17.9. The molecule has 0 spiro atoms. The maximum Gasteiger partial charge on any atom is 0.326 e. The molecular formula is C15H15NO4S2. The summed E-state index contributed by atoms with van der Waals surface area (Å²) in [4.78, 5) is 24.9. The Labute approximate surface area is 137 Å². The van der Waals surface area contributed by atoms with E-state index in [-0.39, 0.29) is 10.2 Å². The van der Waals surface area contributed by atoms with Gasteiger partial charge in [-0.05, 0) is 37.6 Å². The number of benzene rings is 1. The van der Waals surface area contributed by atoms with Crippen molar-refractivity contribution in [1.29, 1.82) is 0 Å². The monoisotopic (exact) mass is 337 g/mol. The average molecular weight is 337 g/mol. The quantitative estimate of drug-likeness (QED) is 0.658. The Hall–Kier alpha value is -1.86. The summed E-state index contributed by atoms with van der Waals surface area (Å²) in [6.45, 7) is 3.93. The molecule has 1 atom stereocenters. The number of carbonyl (C=O) groups excluding carboxylic acids is 1. The highest BCUT2D eigenvalue weighted by Gasteiger charge is 2.38. The van der Waals surface area contributed by atoms with Gasteiger partial charge in [0.15, 0.2) is 0 Å². The summed E-state index contributed by atoms with van der Waals surface area (Å²) in [5.41, 5.74) is 0.826. The third-order valence-electron chi connectivity index (χ3n) is 3.06. The van der Waals surface area contributed by atoms with E-state index in [4.69, 9.17) is 22.1 Å². The highest BCUT2D eigenvalue weighted by Crippen LogP contribution is 2.34. The zero-order valence-corrected chi connectivity index (χ0v) is 13.7. The van der Waals surface area contributed by atoms with E-state index in [2.05, 4.69) is 0 Å². The second kappa shape index (κ2) is 6.93. The van der Waals surface area contributed by atoms with E-state index in [1.54, 1.807) is 6.08 Å². The van der Waals surface area contributed by atoms with Gasteiger partial charge in [-0.2, -0.15) is 0 Å². The topological polar surface area (TPSA) is 66.8 Å². The molecule has 1 N–H and O–H groups in total. The van der Waals surface area contributed by atoms with E-state index < -0.39 is 12.0 Å². The smallest absolute Gasteiger partial charge is 0.326 e. The van der Waals surface area contributed by atoms with Gasteiger partial charge in [-0.25, -0.2) is 4.79 Å². The molecule has 1 aromatic rings. The van der Waals surface area contributed by atoms with Crippen molar-refractivity contribution in [3.63, 3.8) is 0 Å². The van der Waals surface area contributed by atoms with Crippen LogP contribution in [0, 0.1) is 0 Å². The molecule has 0 aliphatic carbocycles. The molecule has 116 valence electrons. The van der Waals surface area contributed by atoms with Gasteiger partial charge in [-0.3, -0.25) is 9.69 Å². The van der Waals surface area contributed by atoms with Gasteiger partial charge in [0.05, 0.1) is 11.5 Å². The van der Waals surface area contributed by atoms with Crippen LogP contribution in [0.2, 0.25) is 0 Å². The lowest BCUT2D eigenvalue weighted by Crippen LogP contribution is -2.41. The molecule has 1 aliphatic heterocycles. The maximum atomic E-state index is 12.3. The van der Waals surface area contributed by atoms with Crippen LogP contribution < -0.4 is 4.74 Å². The van der Waals surface area contributed by atoms with Gasteiger partial charge < -0.3 is 9.84 Å². The molecule has 1 unspecified atom stereocenters. The number of rotatable bonds is 5. The Morgan fingerprint density at radius 3 is 2.64 bits per heavy atom. The van der Waals surface area contributed by atoms with Crippen molar-refractivity contribution in [2.45, 2.75) is 19.9 Å². The van der Waals surface area contributed by atoms with Crippen molar-refractivity contribution >= 4 is 46.3 Å². The molecule has 1 heterocycles. The Bertz CT molecular complexity index is 639. The number of aliphatic carboxylic acids is 1. The van der Waals surface area contributed by atoms with Crippen molar-refractivity contribution in [2.75, 3.05) is 6.61 Å². The summed E-state index contributed by atoms with van der Waals surface area (Å²) in [6.07, 6.45) is 1.70. The van der Waals surface area contributed by atoms with Gasteiger partial charge in [0.25, 0.3) is 5.91 Å². The molecule has 1 aliphatic rings. The second-order valence-corrected chi connectivity index (χ2v) is 6.24. The average Bonchev–Trinajstić information content (AvgIpc) is 2.75. The molecule has 5 nitrogen and oxygen atoms in total. The highest BCUT2D eigenvalue weighted by atomic mass is 32.2. The van der Waals surface area contributed by atoms with Gasteiger partial charge in [0, 0.05) is 0 Å². The number of carboxylic acids is 1.